The summed E-state index contributed by atoms with van der Waals surface area (Å²) in [6.07, 6.45) is 5.35. The molecule has 7 nitrogen and oxygen atoms in total. The molecule has 0 radical (unpaired) electrons. The first-order chi connectivity index (χ1) is 14.0. The zero-order valence-corrected chi connectivity index (χ0v) is 16.2. The second kappa shape index (κ2) is 7.29. The molecule has 0 bridgehead atoms. The predicted octanol–water partition coefficient (Wildman–Crippen LogP) is 2.76. The third-order valence-electron chi connectivity index (χ3n) is 4.84. The number of amides is 1. The average molecular weight is 384 g/mol. The molecule has 1 aromatic carbocycles. The van der Waals surface area contributed by atoms with Crippen LogP contribution in [0.1, 0.15) is 59.8 Å². The van der Waals surface area contributed by atoms with E-state index in [1.807, 2.05) is 24.6 Å². The molecule has 0 aliphatic heterocycles. The summed E-state index contributed by atoms with van der Waals surface area (Å²) in [5.41, 5.74) is 8.88. The van der Waals surface area contributed by atoms with Crippen LogP contribution in [0.4, 0.5) is 5.82 Å². The molecule has 0 spiro atoms. The van der Waals surface area contributed by atoms with Gasteiger partial charge in [-0.15, -0.1) is 0 Å². The quantitative estimate of drug-likeness (QED) is 0.675. The van der Waals surface area contributed by atoms with Crippen molar-refractivity contribution in [3.8, 4) is 17.9 Å². The minimum Gasteiger partial charge on any atom is -0.383 e. The highest BCUT2D eigenvalue weighted by atomic mass is 16.1. The fourth-order valence-corrected chi connectivity index (χ4v) is 3.11. The van der Waals surface area contributed by atoms with Gasteiger partial charge in [0, 0.05) is 29.4 Å². The molecule has 29 heavy (non-hydrogen) atoms. The van der Waals surface area contributed by atoms with Crippen molar-refractivity contribution in [2.75, 3.05) is 5.73 Å². The molecule has 3 N–H and O–H groups in total. The molecule has 2 aromatic heterocycles. The highest BCUT2D eigenvalue weighted by molar-refractivity contribution is 5.95. The Balaban J connectivity index is 1.77. The van der Waals surface area contributed by atoms with Gasteiger partial charge in [0.1, 0.15) is 23.9 Å². The van der Waals surface area contributed by atoms with Crippen molar-refractivity contribution in [2.45, 2.75) is 38.8 Å². The fourth-order valence-electron chi connectivity index (χ4n) is 3.11. The number of fused-ring (bicyclic) bond motifs is 1. The monoisotopic (exact) mass is 384 g/mol. The number of carbonyl (C=O) groups is 1. The van der Waals surface area contributed by atoms with Crippen LogP contribution in [0, 0.1) is 23.2 Å². The van der Waals surface area contributed by atoms with E-state index in [-0.39, 0.29) is 18.0 Å². The summed E-state index contributed by atoms with van der Waals surface area (Å²) in [6, 6.07) is 7.50. The first-order valence-electron chi connectivity index (χ1n) is 9.46. The third kappa shape index (κ3) is 3.63. The van der Waals surface area contributed by atoms with E-state index in [0.29, 0.717) is 33.5 Å². The highest BCUT2D eigenvalue weighted by Crippen LogP contribution is 2.26. The molecule has 1 saturated carbocycles. The minimum atomic E-state index is -0.144. The van der Waals surface area contributed by atoms with E-state index in [2.05, 4.69) is 33.2 Å². The Labute approximate surface area is 168 Å². The molecule has 144 valence electrons. The molecular formula is C22H20N6O. The summed E-state index contributed by atoms with van der Waals surface area (Å²) in [6.45, 7) is 4.09. The van der Waals surface area contributed by atoms with E-state index in [4.69, 9.17) is 5.73 Å². The Hall–Kier alpha value is -3.84. The molecule has 2 heterocycles. The maximum atomic E-state index is 12.3. The Morgan fingerprint density at radius 3 is 2.69 bits per heavy atom. The maximum absolute atomic E-state index is 12.3. The van der Waals surface area contributed by atoms with Crippen LogP contribution in [-0.2, 0) is 0 Å². The Morgan fingerprint density at radius 1 is 1.24 bits per heavy atom. The molecular weight excluding hydrogens is 364 g/mol. The molecule has 0 atom stereocenters. The molecule has 0 saturated heterocycles. The molecule has 1 aliphatic rings. The summed E-state index contributed by atoms with van der Waals surface area (Å²) in [5.74, 6) is 6.35. The van der Waals surface area contributed by atoms with E-state index in [1.165, 1.54) is 6.33 Å². The van der Waals surface area contributed by atoms with E-state index >= 15 is 0 Å². The number of aromatic nitrogens is 3. The normalized spacial score (nSPS) is 13.0. The lowest BCUT2D eigenvalue weighted by Crippen LogP contribution is -2.25. The van der Waals surface area contributed by atoms with Gasteiger partial charge in [0.05, 0.1) is 16.5 Å². The molecule has 1 amide bonds. The first kappa shape index (κ1) is 18.5. The van der Waals surface area contributed by atoms with E-state index in [9.17, 15) is 10.1 Å². The minimum absolute atomic E-state index is 0.144. The number of anilines is 1. The van der Waals surface area contributed by atoms with Crippen molar-refractivity contribution >= 4 is 22.8 Å². The maximum Gasteiger partial charge on any atom is 0.251 e. The zero-order valence-electron chi connectivity index (χ0n) is 16.2. The van der Waals surface area contributed by atoms with Crippen molar-refractivity contribution in [2.24, 2.45) is 0 Å². The summed E-state index contributed by atoms with van der Waals surface area (Å²) >= 11 is 0. The molecule has 0 unspecified atom stereocenters. The second-order valence-corrected chi connectivity index (χ2v) is 7.37. The number of nitrogens with one attached hydrogen (secondary N) is 1. The van der Waals surface area contributed by atoms with Crippen LogP contribution < -0.4 is 11.1 Å². The number of benzene rings is 1. The number of nitrogens with two attached hydrogens (primary N) is 1. The van der Waals surface area contributed by atoms with Crippen LogP contribution in [0.15, 0.2) is 30.7 Å². The van der Waals surface area contributed by atoms with Crippen LogP contribution in [0.2, 0.25) is 0 Å². The van der Waals surface area contributed by atoms with Gasteiger partial charge in [-0.2, -0.15) is 5.26 Å². The number of rotatable bonds is 3. The Kier molecular flexibility index (Phi) is 4.66. The standard InChI is InChI=1S/C22H20N6O/c1-13(2)28-11-17(19-20(24)25-12-26-21(19)28)6-3-14-9-15(4-5-16(14)10-23)22(29)27-18-7-8-18/h4-5,9,11-13,18H,7-8H2,1-2H3,(H,27,29)(H2,24,25,26). The van der Waals surface area contributed by atoms with Gasteiger partial charge in [0.2, 0.25) is 0 Å². The summed E-state index contributed by atoms with van der Waals surface area (Å²) in [4.78, 5) is 20.8. The number of carbonyl (C=O) groups excluding carboxylic acids is 1. The molecule has 3 aromatic rings. The van der Waals surface area contributed by atoms with E-state index in [0.717, 1.165) is 18.5 Å². The van der Waals surface area contributed by atoms with Crippen LogP contribution in [0.3, 0.4) is 0 Å². The van der Waals surface area contributed by atoms with Crippen LogP contribution in [0.25, 0.3) is 11.0 Å². The van der Waals surface area contributed by atoms with E-state index < -0.39 is 0 Å². The van der Waals surface area contributed by atoms with Crippen molar-refractivity contribution < 1.29 is 4.79 Å². The number of nitriles is 1. The van der Waals surface area contributed by atoms with Crippen LogP contribution in [-0.4, -0.2) is 26.5 Å². The topological polar surface area (TPSA) is 110 Å². The van der Waals surface area contributed by atoms with Crippen LogP contribution >= 0.6 is 0 Å². The first-order valence-corrected chi connectivity index (χ1v) is 9.46. The summed E-state index contributed by atoms with van der Waals surface area (Å²) in [7, 11) is 0. The fraction of sp³-hybridized carbons (Fsp3) is 0.273. The Morgan fingerprint density at radius 2 is 2.00 bits per heavy atom. The van der Waals surface area contributed by atoms with Crippen molar-refractivity contribution in [3.05, 3.63) is 53.0 Å². The summed E-state index contributed by atoms with van der Waals surface area (Å²) < 4.78 is 1.99. The van der Waals surface area contributed by atoms with E-state index in [1.54, 1.807) is 18.2 Å². The number of hydrogen-bond donors (Lipinski definition) is 2. The predicted molar refractivity (Wildman–Crippen MR) is 110 cm³/mol. The van der Waals surface area contributed by atoms with Gasteiger partial charge in [-0.25, -0.2) is 9.97 Å². The van der Waals surface area contributed by atoms with Gasteiger partial charge in [-0.1, -0.05) is 11.8 Å². The largest absolute Gasteiger partial charge is 0.383 e. The summed E-state index contributed by atoms with van der Waals surface area (Å²) in [5, 5.41) is 13.1. The molecule has 7 heteroatoms. The lowest BCUT2D eigenvalue weighted by Gasteiger charge is -2.07. The third-order valence-corrected chi connectivity index (χ3v) is 4.84. The highest BCUT2D eigenvalue weighted by Gasteiger charge is 2.24. The smallest absolute Gasteiger partial charge is 0.251 e. The second-order valence-electron chi connectivity index (χ2n) is 7.37. The molecule has 1 aliphatic carbocycles. The van der Waals surface area contributed by atoms with Crippen molar-refractivity contribution in [1.82, 2.24) is 19.9 Å². The number of hydrogen-bond acceptors (Lipinski definition) is 5. The SMILES string of the molecule is CC(C)n1cc(C#Cc2cc(C(=O)NC3CC3)ccc2C#N)c2c(N)ncnc21. The van der Waals surface area contributed by atoms with Crippen molar-refractivity contribution in [1.29, 1.82) is 5.26 Å². The van der Waals surface area contributed by atoms with Gasteiger partial charge in [0.15, 0.2) is 0 Å². The Bertz CT molecular complexity index is 1220. The zero-order chi connectivity index (χ0) is 20.5. The van der Waals surface area contributed by atoms with Crippen molar-refractivity contribution in [3.63, 3.8) is 0 Å². The lowest BCUT2D eigenvalue weighted by atomic mass is 10.0. The van der Waals surface area contributed by atoms with Gasteiger partial charge in [-0.05, 0) is 44.9 Å². The van der Waals surface area contributed by atoms with Gasteiger partial charge < -0.3 is 15.6 Å². The van der Waals surface area contributed by atoms with Crippen LogP contribution in [0.5, 0.6) is 0 Å². The lowest BCUT2D eigenvalue weighted by molar-refractivity contribution is 0.0951. The van der Waals surface area contributed by atoms with Gasteiger partial charge >= 0.3 is 0 Å². The number of nitrogen functional groups attached to an aromatic ring is 1. The van der Waals surface area contributed by atoms with Gasteiger partial charge in [-0.3, -0.25) is 4.79 Å². The number of nitrogens with zero attached hydrogens (tertiary/aromatic N) is 4. The van der Waals surface area contributed by atoms with Gasteiger partial charge in [0.25, 0.3) is 5.91 Å². The average Bonchev–Trinajstić information content (AvgIpc) is 3.43. The molecule has 4 rings (SSSR count). The molecule has 1 fully saturated rings.